The van der Waals surface area contributed by atoms with E-state index in [9.17, 15) is 9.59 Å². The fourth-order valence-corrected chi connectivity index (χ4v) is 4.01. The molecule has 0 radical (unpaired) electrons. The first-order valence-corrected chi connectivity index (χ1v) is 11.0. The van der Waals surface area contributed by atoms with Crippen LogP contribution in [-0.4, -0.2) is 51.1 Å². The van der Waals surface area contributed by atoms with E-state index in [1.807, 2.05) is 48.5 Å². The van der Waals surface area contributed by atoms with Crippen molar-refractivity contribution in [3.05, 3.63) is 64.7 Å². The molecule has 6 nitrogen and oxygen atoms in total. The molecular weight excluding hydrogens is 400 g/mol. The molecule has 7 heteroatoms. The molecule has 160 valence electrons. The quantitative estimate of drug-likeness (QED) is 0.474. The van der Waals surface area contributed by atoms with Crippen LogP contribution < -0.4 is 20.4 Å². The summed E-state index contributed by atoms with van der Waals surface area (Å²) in [4.78, 5) is 27.2. The van der Waals surface area contributed by atoms with Crippen LogP contribution >= 0.6 is 11.6 Å². The van der Waals surface area contributed by atoms with E-state index in [2.05, 4.69) is 17.6 Å². The second-order valence-corrected chi connectivity index (χ2v) is 8.19. The van der Waals surface area contributed by atoms with Gasteiger partial charge in [0.05, 0.1) is 0 Å². The maximum atomic E-state index is 12.4. The molecule has 2 aromatic carbocycles. The summed E-state index contributed by atoms with van der Waals surface area (Å²) in [5.41, 5.74) is 2.98. The van der Waals surface area contributed by atoms with E-state index in [1.54, 1.807) is 0 Å². The third-order valence-corrected chi connectivity index (χ3v) is 5.96. The number of piperazine rings is 1. The highest BCUT2D eigenvalue weighted by Gasteiger charge is 2.26. The summed E-state index contributed by atoms with van der Waals surface area (Å²) in [5.74, 6) is 0.0779. The third kappa shape index (κ3) is 6.55. The molecule has 1 aliphatic heterocycles. The first kappa shape index (κ1) is 22.3. The molecule has 0 unspecified atom stereocenters. The molecule has 0 saturated carbocycles. The van der Waals surface area contributed by atoms with E-state index in [4.69, 9.17) is 11.6 Å². The van der Waals surface area contributed by atoms with Crippen molar-refractivity contribution in [3.63, 3.8) is 0 Å². The lowest BCUT2D eigenvalue weighted by Gasteiger charge is -2.29. The molecule has 1 saturated heterocycles. The summed E-state index contributed by atoms with van der Waals surface area (Å²) < 4.78 is 0. The van der Waals surface area contributed by atoms with Crippen molar-refractivity contribution in [2.24, 2.45) is 0 Å². The van der Waals surface area contributed by atoms with Gasteiger partial charge in [-0.25, -0.2) is 0 Å². The van der Waals surface area contributed by atoms with Crippen LogP contribution in [0.5, 0.6) is 0 Å². The number of hydrogen-bond acceptors (Lipinski definition) is 2. The van der Waals surface area contributed by atoms with Gasteiger partial charge in [-0.05, 0) is 29.7 Å². The second kappa shape index (κ2) is 11.1. The van der Waals surface area contributed by atoms with Gasteiger partial charge in [0.15, 0.2) is 13.1 Å². The highest BCUT2D eigenvalue weighted by atomic mass is 35.5. The third-order valence-electron chi connectivity index (χ3n) is 5.59. The van der Waals surface area contributed by atoms with E-state index in [-0.39, 0.29) is 11.8 Å². The van der Waals surface area contributed by atoms with Gasteiger partial charge < -0.3 is 20.4 Å². The molecule has 1 fully saturated rings. The molecular formula is C23H31ClN4O2+2. The zero-order chi connectivity index (χ0) is 21.3. The van der Waals surface area contributed by atoms with Gasteiger partial charge >= 0.3 is 0 Å². The van der Waals surface area contributed by atoms with Crippen molar-refractivity contribution in [2.75, 3.05) is 44.6 Å². The Morgan fingerprint density at radius 3 is 2.07 bits per heavy atom. The SMILES string of the molecule is CCc1ccccc1NC(=O)C[NH+]1CC[NH+](CC(=O)NCc2ccccc2Cl)CC1. The Kier molecular flexibility index (Phi) is 8.25. The van der Waals surface area contributed by atoms with E-state index < -0.39 is 0 Å². The number of anilines is 1. The Labute approximate surface area is 183 Å². The minimum Gasteiger partial charge on any atom is -0.347 e. The maximum Gasteiger partial charge on any atom is 0.279 e. The molecule has 0 aliphatic carbocycles. The summed E-state index contributed by atoms with van der Waals surface area (Å²) in [6.45, 7) is 6.98. The zero-order valence-corrected chi connectivity index (χ0v) is 18.2. The van der Waals surface area contributed by atoms with Gasteiger partial charge in [0, 0.05) is 17.3 Å². The predicted octanol–water partition coefficient (Wildman–Crippen LogP) is -0.0593. The van der Waals surface area contributed by atoms with Crippen LogP contribution in [0.4, 0.5) is 5.69 Å². The highest BCUT2D eigenvalue weighted by Crippen LogP contribution is 2.15. The molecule has 1 aliphatic rings. The second-order valence-electron chi connectivity index (χ2n) is 7.78. The molecule has 2 aromatic rings. The molecule has 0 bridgehead atoms. The van der Waals surface area contributed by atoms with Gasteiger partial charge in [0.1, 0.15) is 26.2 Å². The number of nitrogens with one attached hydrogen (secondary N) is 4. The minimum atomic E-state index is 0.0299. The van der Waals surface area contributed by atoms with Crippen molar-refractivity contribution < 1.29 is 19.4 Å². The lowest BCUT2D eigenvalue weighted by atomic mass is 10.1. The van der Waals surface area contributed by atoms with Crippen LogP contribution in [0.2, 0.25) is 5.02 Å². The molecule has 0 aromatic heterocycles. The Hall–Kier alpha value is -2.41. The van der Waals surface area contributed by atoms with Gasteiger partial charge in [-0.2, -0.15) is 0 Å². The van der Waals surface area contributed by atoms with Crippen LogP contribution in [0, 0.1) is 0 Å². The smallest absolute Gasteiger partial charge is 0.279 e. The number of halogens is 1. The van der Waals surface area contributed by atoms with Crippen molar-refractivity contribution in [1.29, 1.82) is 0 Å². The molecule has 3 rings (SSSR count). The minimum absolute atomic E-state index is 0.0299. The first-order valence-electron chi connectivity index (χ1n) is 10.6. The van der Waals surface area contributed by atoms with E-state index in [1.165, 1.54) is 9.80 Å². The molecule has 0 spiro atoms. The first-order chi connectivity index (χ1) is 14.5. The fraction of sp³-hybridized carbons (Fsp3) is 0.391. The fourth-order valence-electron chi connectivity index (χ4n) is 3.81. The number of carbonyl (C=O) groups excluding carboxylic acids is 2. The molecule has 4 N–H and O–H groups in total. The summed E-state index contributed by atoms with van der Waals surface area (Å²) in [7, 11) is 0. The van der Waals surface area contributed by atoms with E-state index in [0.29, 0.717) is 24.7 Å². The number of quaternary nitrogens is 2. The molecule has 0 atom stereocenters. The summed E-state index contributed by atoms with van der Waals surface area (Å²) in [6.07, 6.45) is 0.893. The number of carbonyl (C=O) groups is 2. The number of para-hydroxylation sites is 1. The lowest BCUT2D eigenvalue weighted by molar-refractivity contribution is -1.00. The van der Waals surface area contributed by atoms with Gasteiger partial charge in [0.2, 0.25) is 0 Å². The average molecular weight is 431 g/mol. The predicted molar refractivity (Wildman–Crippen MR) is 119 cm³/mol. The monoisotopic (exact) mass is 430 g/mol. The average Bonchev–Trinajstić information content (AvgIpc) is 2.75. The Balaban J connectivity index is 1.37. The Morgan fingerprint density at radius 2 is 1.43 bits per heavy atom. The van der Waals surface area contributed by atoms with Crippen molar-refractivity contribution in [1.82, 2.24) is 5.32 Å². The maximum absolute atomic E-state index is 12.4. The largest absolute Gasteiger partial charge is 0.347 e. The Morgan fingerprint density at radius 1 is 0.867 bits per heavy atom. The van der Waals surface area contributed by atoms with Gasteiger partial charge in [0.25, 0.3) is 11.8 Å². The van der Waals surface area contributed by atoms with Gasteiger partial charge in [-0.3, -0.25) is 9.59 Å². The molecule has 1 heterocycles. The summed E-state index contributed by atoms with van der Waals surface area (Å²) in [5, 5.41) is 6.67. The van der Waals surface area contributed by atoms with E-state index >= 15 is 0 Å². The van der Waals surface area contributed by atoms with Crippen molar-refractivity contribution >= 4 is 29.1 Å². The van der Waals surface area contributed by atoms with Crippen LogP contribution in [0.15, 0.2) is 48.5 Å². The molecule has 30 heavy (non-hydrogen) atoms. The number of rotatable bonds is 8. The van der Waals surface area contributed by atoms with Crippen molar-refractivity contribution in [2.45, 2.75) is 19.9 Å². The number of benzene rings is 2. The van der Waals surface area contributed by atoms with E-state index in [0.717, 1.165) is 49.4 Å². The lowest BCUT2D eigenvalue weighted by Crippen LogP contribution is -3.28. The van der Waals surface area contributed by atoms with Crippen LogP contribution in [-0.2, 0) is 22.6 Å². The van der Waals surface area contributed by atoms with Crippen molar-refractivity contribution in [3.8, 4) is 0 Å². The van der Waals surface area contributed by atoms with Crippen LogP contribution in [0.1, 0.15) is 18.1 Å². The Bertz CT molecular complexity index is 866. The molecule has 2 amide bonds. The zero-order valence-electron chi connectivity index (χ0n) is 17.5. The van der Waals surface area contributed by atoms with Gasteiger partial charge in [-0.1, -0.05) is 54.9 Å². The number of hydrogen-bond donors (Lipinski definition) is 4. The standard InChI is InChI=1S/C23H29ClN4O2/c1-2-18-7-4-6-10-21(18)26-23(30)17-28-13-11-27(12-14-28)16-22(29)25-15-19-8-3-5-9-20(19)24/h3-10H,2,11-17H2,1H3,(H,25,29)(H,26,30)/p+2. The van der Waals surface area contributed by atoms with Crippen LogP contribution in [0.25, 0.3) is 0 Å². The topological polar surface area (TPSA) is 67.1 Å². The highest BCUT2D eigenvalue weighted by molar-refractivity contribution is 6.31. The van der Waals surface area contributed by atoms with Gasteiger partial charge in [-0.15, -0.1) is 0 Å². The normalized spacial score (nSPS) is 18.6. The summed E-state index contributed by atoms with van der Waals surface area (Å²) >= 11 is 6.13. The number of aryl methyl sites for hydroxylation is 1. The summed E-state index contributed by atoms with van der Waals surface area (Å²) in [6, 6.07) is 15.5. The van der Waals surface area contributed by atoms with Crippen LogP contribution in [0.3, 0.4) is 0 Å². The number of amides is 2.